The van der Waals surface area contributed by atoms with Gasteiger partial charge in [-0.1, -0.05) is 36.4 Å². The van der Waals surface area contributed by atoms with Crippen LogP contribution in [0.1, 0.15) is 19.0 Å². The molecule has 0 saturated carbocycles. The summed E-state index contributed by atoms with van der Waals surface area (Å²) in [7, 11) is 0. The van der Waals surface area contributed by atoms with Crippen LogP contribution in [0.5, 0.6) is 0 Å². The lowest BCUT2D eigenvalue weighted by Gasteiger charge is -2.14. The molecular weight excluding hydrogens is 322 g/mol. The van der Waals surface area contributed by atoms with Gasteiger partial charge in [0.15, 0.2) is 5.16 Å². The first-order valence-electron chi connectivity index (χ1n) is 6.79. The van der Waals surface area contributed by atoms with Gasteiger partial charge in [0, 0.05) is 22.5 Å². The average Bonchev–Trinajstić information content (AvgIpc) is 2.43. The maximum Gasteiger partial charge on any atom is 0.251 e. The molecule has 0 aliphatic rings. The van der Waals surface area contributed by atoms with Gasteiger partial charge in [0.05, 0.1) is 5.25 Å². The summed E-state index contributed by atoms with van der Waals surface area (Å²) in [4.78, 5) is 30.7. The zero-order valence-electron chi connectivity index (χ0n) is 12.2. The van der Waals surface area contributed by atoms with Crippen LogP contribution in [0.25, 0.3) is 0 Å². The highest BCUT2D eigenvalue weighted by atomic mass is 35.5. The number of rotatable bonds is 5. The maximum absolute atomic E-state index is 12.3. The molecule has 0 aliphatic carbocycles. The number of aromatic nitrogens is 2. The number of H-pyrrole nitrogens is 1. The second-order valence-electron chi connectivity index (χ2n) is 4.71. The minimum absolute atomic E-state index is 0.154. The molecule has 7 heteroatoms. The normalized spacial score (nSPS) is 12.0. The Labute approximate surface area is 137 Å². The van der Waals surface area contributed by atoms with E-state index in [-0.39, 0.29) is 16.7 Å². The van der Waals surface area contributed by atoms with Crippen LogP contribution in [0.2, 0.25) is 5.02 Å². The number of nitrogens with one attached hydrogen (secondary N) is 2. The van der Waals surface area contributed by atoms with Gasteiger partial charge in [0.2, 0.25) is 5.91 Å². The van der Waals surface area contributed by atoms with Gasteiger partial charge in [0.25, 0.3) is 5.56 Å². The third-order valence-electron chi connectivity index (χ3n) is 2.86. The first-order chi connectivity index (χ1) is 10.5. The lowest BCUT2D eigenvalue weighted by Crippen LogP contribution is -2.25. The number of nitrogens with zero attached hydrogens (tertiary/aromatic N) is 1. The van der Waals surface area contributed by atoms with Crippen LogP contribution in [0.15, 0.2) is 40.3 Å². The first kappa shape index (κ1) is 16.6. The monoisotopic (exact) mass is 337 g/mol. The van der Waals surface area contributed by atoms with Gasteiger partial charge in [-0.25, -0.2) is 4.98 Å². The number of hydrogen-bond donors (Lipinski definition) is 2. The van der Waals surface area contributed by atoms with Gasteiger partial charge in [-0.2, -0.15) is 0 Å². The van der Waals surface area contributed by atoms with E-state index in [1.54, 1.807) is 31.2 Å². The third-order valence-corrected chi connectivity index (χ3v) is 4.34. The molecule has 2 aromatic rings. The molecule has 1 amide bonds. The number of hydrogen-bond acceptors (Lipinski definition) is 4. The molecule has 22 heavy (non-hydrogen) atoms. The largest absolute Gasteiger partial charge is 0.325 e. The lowest BCUT2D eigenvalue weighted by molar-refractivity contribution is -0.115. The maximum atomic E-state index is 12.3. The quantitative estimate of drug-likeness (QED) is 0.648. The van der Waals surface area contributed by atoms with Crippen molar-refractivity contribution in [2.45, 2.75) is 30.7 Å². The molecule has 5 nitrogen and oxygen atoms in total. The Morgan fingerprint density at radius 1 is 1.45 bits per heavy atom. The highest BCUT2D eigenvalue weighted by Crippen LogP contribution is 2.23. The Balaban J connectivity index is 2.10. The molecule has 0 aliphatic heterocycles. The van der Waals surface area contributed by atoms with Gasteiger partial charge in [0.1, 0.15) is 0 Å². The van der Waals surface area contributed by atoms with E-state index in [1.165, 1.54) is 17.8 Å². The van der Waals surface area contributed by atoms with Crippen LogP contribution >= 0.6 is 23.4 Å². The van der Waals surface area contributed by atoms with Crippen molar-refractivity contribution in [3.05, 3.63) is 51.4 Å². The Morgan fingerprint density at radius 2 is 2.23 bits per heavy atom. The van der Waals surface area contributed by atoms with Crippen molar-refractivity contribution < 1.29 is 4.79 Å². The number of benzene rings is 1. The summed E-state index contributed by atoms with van der Waals surface area (Å²) in [5.74, 6) is -0.154. The van der Waals surface area contributed by atoms with Crippen molar-refractivity contribution in [2.24, 2.45) is 0 Å². The Morgan fingerprint density at radius 3 is 2.86 bits per heavy atom. The lowest BCUT2D eigenvalue weighted by atomic mass is 10.3. The molecular formula is C15H16ClN3O2S. The van der Waals surface area contributed by atoms with Gasteiger partial charge in [-0.15, -0.1) is 0 Å². The standard InChI is InChI=1S/C15H16ClN3O2S/c1-3-12(22-15-17-9(2)7-13(20)19-15)14(21)18-11-6-4-5-10(16)8-11/h4-8,12H,3H2,1-2H3,(H,18,21)(H,17,19,20). The predicted octanol–water partition coefficient (Wildman–Crippen LogP) is 3.24. The molecule has 1 atom stereocenters. The summed E-state index contributed by atoms with van der Waals surface area (Å²) in [6, 6.07) is 8.38. The number of thioether (sulfide) groups is 1. The van der Waals surface area contributed by atoms with E-state index in [4.69, 9.17) is 11.6 Å². The number of carbonyl (C=O) groups is 1. The number of halogens is 1. The van der Waals surface area contributed by atoms with Crippen molar-refractivity contribution in [1.29, 1.82) is 0 Å². The zero-order valence-corrected chi connectivity index (χ0v) is 13.8. The number of aromatic amines is 1. The minimum Gasteiger partial charge on any atom is -0.325 e. The second-order valence-corrected chi connectivity index (χ2v) is 6.33. The van der Waals surface area contributed by atoms with E-state index in [0.717, 1.165) is 0 Å². The van der Waals surface area contributed by atoms with Gasteiger partial charge >= 0.3 is 0 Å². The van der Waals surface area contributed by atoms with Gasteiger partial charge < -0.3 is 10.3 Å². The van der Waals surface area contributed by atoms with Crippen LogP contribution in [0.4, 0.5) is 5.69 Å². The van der Waals surface area contributed by atoms with Gasteiger partial charge in [-0.3, -0.25) is 9.59 Å². The fourth-order valence-corrected chi connectivity index (χ4v) is 3.00. The van der Waals surface area contributed by atoms with Crippen LogP contribution in [-0.2, 0) is 4.79 Å². The molecule has 1 unspecified atom stereocenters. The topological polar surface area (TPSA) is 74.8 Å². The van der Waals surface area contributed by atoms with Crippen LogP contribution in [0.3, 0.4) is 0 Å². The van der Waals surface area contributed by atoms with E-state index in [9.17, 15) is 9.59 Å². The molecule has 0 saturated heterocycles. The highest BCUT2D eigenvalue weighted by Gasteiger charge is 2.19. The fourth-order valence-electron chi connectivity index (χ4n) is 1.85. The Kier molecular flexibility index (Phi) is 5.63. The summed E-state index contributed by atoms with van der Waals surface area (Å²) < 4.78 is 0. The molecule has 2 rings (SSSR count). The molecule has 1 heterocycles. The first-order valence-corrected chi connectivity index (χ1v) is 8.04. The molecule has 0 spiro atoms. The number of aryl methyl sites for hydroxylation is 1. The minimum atomic E-state index is -0.357. The number of amides is 1. The SMILES string of the molecule is CCC(Sc1nc(C)cc(=O)[nH]1)C(=O)Nc1cccc(Cl)c1. The Hall–Kier alpha value is -1.79. The predicted molar refractivity (Wildman–Crippen MR) is 89.6 cm³/mol. The average molecular weight is 338 g/mol. The van der Waals surface area contributed by atoms with E-state index >= 15 is 0 Å². The molecule has 0 bridgehead atoms. The highest BCUT2D eigenvalue weighted by molar-refractivity contribution is 8.00. The van der Waals surface area contributed by atoms with Crippen LogP contribution in [0, 0.1) is 6.92 Å². The van der Waals surface area contributed by atoms with Crippen molar-refractivity contribution >= 4 is 35.0 Å². The number of carbonyl (C=O) groups excluding carboxylic acids is 1. The van der Waals surface area contributed by atoms with Crippen LogP contribution in [-0.4, -0.2) is 21.1 Å². The third kappa shape index (κ3) is 4.61. The van der Waals surface area contributed by atoms with Crippen molar-refractivity contribution in [3.8, 4) is 0 Å². The Bertz CT molecular complexity index is 733. The fraction of sp³-hybridized carbons (Fsp3) is 0.267. The van der Waals surface area contributed by atoms with Crippen molar-refractivity contribution in [2.75, 3.05) is 5.32 Å². The summed E-state index contributed by atoms with van der Waals surface area (Å²) in [6.45, 7) is 3.65. The summed E-state index contributed by atoms with van der Waals surface area (Å²) in [5.41, 5.74) is 1.04. The van der Waals surface area contributed by atoms with E-state index in [1.807, 2.05) is 6.92 Å². The van der Waals surface area contributed by atoms with Crippen molar-refractivity contribution in [3.63, 3.8) is 0 Å². The summed E-state index contributed by atoms with van der Waals surface area (Å²) in [5, 5.41) is 3.46. The number of anilines is 1. The second kappa shape index (κ2) is 7.47. The summed E-state index contributed by atoms with van der Waals surface area (Å²) in [6.07, 6.45) is 0.606. The summed E-state index contributed by atoms with van der Waals surface area (Å²) >= 11 is 7.14. The molecule has 116 valence electrons. The van der Waals surface area contributed by atoms with Gasteiger partial charge in [-0.05, 0) is 31.5 Å². The van der Waals surface area contributed by atoms with E-state index in [0.29, 0.717) is 28.0 Å². The molecule has 0 radical (unpaired) electrons. The van der Waals surface area contributed by atoms with E-state index < -0.39 is 0 Å². The van der Waals surface area contributed by atoms with Crippen molar-refractivity contribution in [1.82, 2.24) is 9.97 Å². The molecule has 1 aromatic heterocycles. The molecule has 0 fully saturated rings. The van der Waals surface area contributed by atoms with Crippen LogP contribution < -0.4 is 10.9 Å². The molecule has 1 aromatic carbocycles. The van der Waals surface area contributed by atoms with E-state index in [2.05, 4.69) is 15.3 Å². The smallest absolute Gasteiger partial charge is 0.251 e. The zero-order chi connectivity index (χ0) is 16.1. The molecule has 2 N–H and O–H groups in total.